The van der Waals surface area contributed by atoms with Gasteiger partial charge >= 0.3 is 6.09 Å². The van der Waals surface area contributed by atoms with Gasteiger partial charge in [0.15, 0.2) is 5.78 Å². The molecular weight excluding hydrogens is 258 g/mol. The molecule has 0 saturated carbocycles. The number of hydrogen-bond donors (Lipinski definition) is 0. The largest absolute Gasteiger partial charge is 0.447 e. The van der Waals surface area contributed by atoms with Crippen molar-refractivity contribution in [1.82, 2.24) is 4.90 Å². The van der Waals surface area contributed by atoms with Gasteiger partial charge in [-0.25, -0.2) is 9.69 Å². The molecule has 106 valence electrons. The van der Waals surface area contributed by atoms with Crippen molar-refractivity contribution < 1.29 is 19.1 Å². The smallest absolute Gasteiger partial charge is 0.416 e. The van der Waals surface area contributed by atoms with Crippen LogP contribution in [0.3, 0.4) is 0 Å². The monoisotopic (exact) mass is 275 g/mol. The second kappa shape index (κ2) is 5.86. The number of carbonyl (C=O) groups is 3. The molecule has 0 unspecified atom stereocenters. The normalized spacial score (nSPS) is 18.2. The number of hydrogen-bond acceptors (Lipinski definition) is 4. The van der Waals surface area contributed by atoms with Crippen LogP contribution in [-0.2, 0) is 9.53 Å². The molecule has 1 heterocycles. The zero-order valence-corrected chi connectivity index (χ0v) is 11.5. The Kier molecular flexibility index (Phi) is 4.17. The number of ether oxygens (including phenoxy) is 1. The van der Waals surface area contributed by atoms with E-state index in [1.807, 2.05) is 13.8 Å². The van der Waals surface area contributed by atoms with E-state index < -0.39 is 12.0 Å². The first kappa shape index (κ1) is 14.2. The van der Waals surface area contributed by atoms with Gasteiger partial charge in [0.25, 0.3) is 0 Å². The number of carbonyl (C=O) groups excluding carboxylic acids is 3. The second-order valence-corrected chi connectivity index (χ2v) is 5.12. The molecule has 1 atom stereocenters. The minimum Gasteiger partial charge on any atom is -0.447 e. The molecule has 2 rings (SSSR count). The molecule has 1 aliphatic heterocycles. The molecule has 5 heteroatoms. The van der Waals surface area contributed by atoms with Crippen LogP contribution in [0.5, 0.6) is 0 Å². The molecule has 1 aromatic carbocycles. The first-order valence-corrected chi connectivity index (χ1v) is 6.57. The Balaban J connectivity index is 2.08. The van der Waals surface area contributed by atoms with Crippen LogP contribution in [0.25, 0.3) is 0 Å². The van der Waals surface area contributed by atoms with E-state index in [0.717, 1.165) is 4.90 Å². The minimum atomic E-state index is -0.658. The third-order valence-corrected chi connectivity index (χ3v) is 3.35. The third kappa shape index (κ3) is 2.87. The van der Waals surface area contributed by atoms with Crippen LogP contribution in [0.4, 0.5) is 4.79 Å². The van der Waals surface area contributed by atoms with Crippen LogP contribution in [0, 0.1) is 5.92 Å². The maximum Gasteiger partial charge on any atom is 0.416 e. The summed E-state index contributed by atoms with van der Waals surface area (Å²) in [6.07, 6.45) is -0.975. The maximum atomic E-state index is 12.2. The molecule has 2 amide bonds. The lowest BCUT2D eigenvalue weighted by atomic mass is 10.0. The molecule has 0 spiro atoms. The van der Waals surface area contributed by atoms with E-state index >= 15 is 0 Å². The van der Waals surface area contributed by atoms with Crippen LogP contribution in [0.2, 0.25) is 0 Å². The maximum absolute atomic E-state index is 12.2. The summed E-state index contributed by atoms with van der Waals surface area (Å²) < 4.78 is 4.90. The molecular formula is C15H17NO4. The van der Waals surface area contributed by atoms with Gasteiger partial charge in [-0.2, -0.15) is 0 Å². The van der Waals surface area contributed by atoms with E-state index in [1.54, 1.807) is 30.3 Å². The summed E-state index contributed by atoms with van der Waals surface area (Å²) in [6, 6.07) is 8.27. The van der Waals surface area contributed by atoms with Gasteiger partial charge in [0, 0.05) is 5.56 Å². The SMILES string of the molecule is CC(C)[C@H]1COC(=O)N1C(=O)CC(=O)c1ccccc1. The molecule has 0 radical (unpaired) electrons. The van der Waals surface area contributed by atoms with Crippen molar-refractivity contribution in [2.45, 2.75) is 26.3 Å². The summed E-state index contributed by atoms with van der Waals surface area (Å²) in [5.74, 6) is -0.699. The molecule has 0 bridgehead atoms. The molecule has 5 nitrogen and oxygen atoms in total. The van der Waals surface area contributed by atoms with Gasteiger partial charge in [-0.05, 0) is 5.92 Å². The predicted molar refractivity (Wildman–Crippen MR) is 72.2 cm³/mol. The number of Topliss-reactive ketones (excluding diaryl/α,β-unsaturated/α-hetero) is 1. The highest BCUT2D eigenvalue weighted by atomic mass is 16.6. The molecule has 20 heavy (non-hydrogen) atoms. The Bertz CT molecular complexity index is 524. The van der Waals surface area contributed by atoms with E-state index in [0.29, 0.717) is 5.56 Å². The lowest BCUT2D eigenvalue weighted by molar-refractivity contribution is -0.128. The first-order valence-electron chi connectivity index (χ1n) is 6.57. The average molecular weight is 275 g/mol. The molecule has 0 aliphatic carbocycles. The Hall–Kier alpha value is -2.17. The molecule has 1 fully saturated rings. The number of rotatable bonds is 4. The zero-order valence-electron chi connectivity index (χ0n) is 11.5. The number of nitrogens with zero attached hydrogens (tertiary/aromatic N) is 1. The zero-order chi connectivity index (χ0) is 14.7. The van der Waals surface area contributed by atoms with Crippen molar-refractivity contribution in [1.29, 1.82) is 0 Å². The van der Waals surface area contributed by atoms with E-state index in [1.165, 1.54) is 0 Å². The highest BCUT2D eigenvalue weighted by Gasteiger charge is 2.39. The number of cyclic esters (lactones) is 1. The van der Waals surface area contributed by atoms with Crippen LogP contribution in [-0.4, -0.2) is 35.3 Å². The van der Waals surface area contributed by atoms with Crippen molar-refractivity contribution in [3.05, 3.63) is 35.9 Å². The van der Waals surface area contributed by atoms with Crippen LogP contribution >= 0.6 is 0 Å². The number of imide groups is 1. The Morgan fingerprint density at radius 2 is 1.95 bits per heavy atom. The van der Waals surface area contributed by atoms with Gasteiger partial charge < -0.3 is 4.74 Å². The van der Waals surface area contributed by atoms with Gasteiger partial charge in [-0.15, -0.1) is 0 Å². The molecule has 0 aromatic heterocycles. The molecule has 1 aromatic rings. The van der Waals surface area contributed by atoms with Crippen molar-refractivity contribution in [3.8, 4) is 0 Å². The summed E-state index contributed by atoms with van der Waals surface area (Å²) in [7, 11) is 0. The molecule has 0 N–H and O–H groups in total. The highest BCUT2D eigenvalue weighted by molar-refractivity contribution is 6.10. The Morgan fingerprint density at radius 1 is 1.30 bits per heavy atom. The van der Waals surface area contributed by atoms with E-state index in [4.69, 9.17) is 4.74 Å². The quantitative estimate of drug-likeness (QED) is 0.624. The fourth-order valence-corrected chi connectivity index (χ4v) is 2.16. The van der Waals surface area contributed by atoms with Crippen LogP contribution in [0.1, 0.15) is 30.6 Å². The van der Waals surface area contributed by atoms with Crippen LogP contribution in [0.15, 0.2) is 30.3 Å². The number of benzene rings is 1. The predicted octanol–water partition coefficient (Wildman–Crippen LogP) is 2.26. The standard InChI is InChI=1S/C15H17NO4/c1-10(2)12-9-20-15(19)16(12)14(18)8-13(17)11-6-4-3-5-7-11/h3-7,10,12H,8-9H2,1-2H3/t12-/m1/s1. The van der Waals surface area contributed by atoms with Gasteiger partial charge in [0.2, 0.25) is 5.91 Å². The van der Waals surface area contributed by atoms with Gasteiger partial charge in [0.05, 0.1) is 12.5 Å². The van der Waals surface area contributed by atoms with Gasteiger partial charge in [-0.1, -0.05) is 44.2 Å². The molecule has 1 aliphatic rings. The lowest BCUT2D eigenvalue weighted by Gasteiger charge is -2.22. The summed E-state index contributed by atoms with van der Waals surface area (Å²) in [4.78, 5) is 36.8. The first-order chi connectivity index (χ1) is 9.50. The van der Waals surface area contributed by atoms with Gasteiger partial charge in [0.1, 0.15) is 6.61 Å². The lowest BCUT2D eigenvalue weighted by Crippen LogP contribution is -2.42. The summed E-state index contributed by atoms with van der Waals surface area (Å²) in [5, 5.41) is 0. The summed E-state index contributed by atoms with van der Waals surface area (Å²) in [6.45, 7) is 4.01. The average Bonchev–Trinajstić information content (AvgIpc) is 2.81. The van der Waals surface area contributed by atoms with E-state index in [9.17, 15) is 14.4 Å². The third-order valence-electron chi connectivity index (χ3n) is 3.35. The van der Waals surface area contributed by atoms with Crippen molar-refractivity contribution in [2.75, 3.05) is 6.61 Å². The van der Waals surface area contributed by atoms with E-state index in [-0.39, 0.29) is 30.8 Å². The Morgan fingerprint density at radius 3 is 2.55 bits per heavy atom. The second-order valence-electron chi connectivity index (χ2n) is 5.12. The fraction of sp³-hybridized carbons (Fsp3) is 0.400. The molecule has 1 saturated heterocycles. The summed E-state index contributed by atoms with van der Waals surface area (Å²) in [5.41, 5.74) is 0.467. The van der Waals surface area contributed by atoms with Crippen LogP contribution < -0.4 is 0 Å². The highest BCUT2D eigenvalue weighted by Crippen LogP contribution is 2.21. The van der Waals surface area contributed by atoms with Crippen molar-refractivity contribution in [3.63, 3.8) is 0 Å². The fourth-order valence-electron chi connectivity index (χ4n) is 2.16. The van der Waals surface area contributed by atoms with Crippen molar-refractivity contribution in [2.24, 2.45) is 5.92 Å². The van der Waals surface area contributed by atoms with E-state index in [2.05, 4.69) is 0 Å². The summed E-state index contributed by atoms with van der Waals surface area (Å²) >= 11 is 0. The topological polar surface area (TPSA) is 63.7 Å². The number of ketones is 1. The van der Waals surface area contributed by atoms with Gasteiger partial charge in [-0.3, -0.25) is 9.59 Å². The number of amides is 2. The Labute approximate surface area is 117 Å². The van der Waals surface area contributed by atoms with Crippen molar-refractivity contribution >= 4 is 17.8 Å². The minimum absolute atomic E-state index is 0.0947.